The van der Waals surface area contributed by atoms with E-state index in [-0.39, 0.29) is 24.0 Å². The molecule has 0 unspecified atom stereocenters. The Morgan fingerprint density at radius 2 is 2.22 bits per heavy atom. The molecule has 0 bridgehead atoms. The van der Waals surface area contributed by atoms with Gasteiger partial charge < -0.3 is 20.1 Å². The van der Waals surface area contributed by atoms with E-state index in [0.717, 1.165) is 64.7 Å². The summed E-state index contributed by atoms with van der Waals surface area (Å²) in [7, 11) is 1.80. The summed E-state index contributed by atoms with van der Waals surface area (Å²) in [5.74, 6) is 1.53. The van der Waals surface area contributed by atoms with E-state index in [1.807, 2.05) is 0 Å². The molecular formula is C16H28IN3O2S. The van der Waals surface area contributed by atoms with Crippen LogP contribution in [0.15, 0.2) is 21.8 Å². The lowest BCUT2D eigenvalue weighted by Gasteiger charge is -2.21. The van der Waals surface area contributed by atoms with Crippen LogP contribution in [-0.4, -0.2) is 46.0 Å². The number of thiophene rings is 1. The van der Waals surface area contributed by atoms with Gasteiger partial charge in [0.2, 0.25) is 0 Å². The van der Waals surface area contributed by atoms with Crippen LogP contribution in [0.4, 0.5) is 0 Å². The van der Waals surface area contributed by atoms with Crippen molar-refractivity contribution in [1.82, 2.24) is 10.6 Å². The monoisotopic (exact) mass is 453 g/mol. The number of hydrogen-bond donors (Lipinski definition) is 2. The zero-order chi connectivity index (χ0) is 15.5. The van der Waals surface area contributed by atoms with Crippen molar-refractivity contribution in [3.63, 3.8) is 0 Å². The molecule has 0 spiro atoms. The maximum absolute atomic E-state index is 5.75. The molecule has 132 valence electrons. The number of nitrogens with one attached hydrogen (secondary N) is 2. The van der Waals surface area contributed by atoms with Gasteiger partial charge in [-0.05, 0) is 47.6 Å². The first-order chi connectivity index (χ1) is 10.9. The van der Waals surface area contributed by atoms with Crippen molar-refractivity contribution in [2.45, 2.75) is 25.8 Å². The van der Waals surface area contributed by atoms with Gasteiger partial charge in [-0.1, -0.05) is 0 Å². The van der Waals surface area contributed by atoms with E-state index in [0.29, 0.717) is 5.92 Å². The normalized spacial score (nSPS) is 16.0. The molecule has 0 aliphatic carbocycles. The van der Waals surface area contributed by atoms with Crippen LogP contribution < -0.4 is 10.6 Å². The van der Waals surface area contributed by atoms with Gasteiger partial charge in [-0.25, -0.2) is 0 Å². The molecule has 5 nitrogen and oxygen atoms in total. The van der Waals surface area contributed by atoms with Gasteiger partial charge in [0.05, 0.1) is 0 Å². The summed E-state index contributed by atoms with van der Waals surface area (Å²) in [6.07, 6.45) is 3.26. The highest BCUT2D eigenvalue weighted by Gasteiger charge is 2.13. The first-order valence-corrected chi connectivity index (χ1v) is 8.94. The van der Waals surface area contributed by atoms with E-state index < -0.39 is 0 Å². The fourth-order valence-corrected chi connectivity index (χ4v) is 3.01. The quantitative estimate of drug-likeness (QED) is 0.275. The third-order valence-electron chi connectivity index (χ3n) is 3.72. The SMILES string of the molecule is CN=C(NCCCOCC1CCOCC1)NCc1ccsc1.I. The minimum absolute atomic E-state index is 0. The Morgan fingerprint density at radius 3 is 2.91 bits per heavy atom. The highest BCUT2D eigenvalue weighted by Crippen LogP contribution is 2.14. The number of hydrogen-bond acceptors (Lipinski definition) is 4. The largest absolute Gasteiger partial charge is 0.381 e. The summed E-state index contributed by atoms with van der Waals surface area (Å²) in [6, 6.07) is 2.12. The molecule has 2 N–H and O–H groups in total. The molecule has 7 heteroatoms. The Kier molecular flexibility index (Phi) is 11.7. The van der Waals surface area contributed by atoms with Crippen LogP contribution in [0.3, 0.4) is 0 Å². The molecule has 1 saturated heterocycles. The molecule has 0 amide bonds. The predicted octanol–water partition coefficient (Wildman–Crippen LogP) is 2.86. The van der Waals surface area contributed by atoms with Gasteiger partial charge in [-0.2, -0.15) is 11.3 Å². The molecule has 2 heterocycles. The summed E-state index contributed by atoms with van der Waals surface area (Å²) in [5, 5.41) is 10.8. The van der Waals surface area contributed by atoms with Gasteiger partial charge in [0.25, 0.3) is 0 Å². The van der Waals surface area contributed by atoms with E-state index >= 15 is 0 Å². The molecule has 0 radical (unpaired) electrons. The summed E-state index contributed by atoms with van der Waals surface area (Å²) in [5.41, 5.74) is 1.28. The summed E-state index contributed by atoms with van der Waals surface area (Å²) < 4.78 is 11.1. The topological polar surface area (TPSA) is 54.9 Å². The second kappa shape index (κ2) is 13.0. The number of halogens is 1. The molecule has 0 saturated carbocycles. The summed E-state index contributed by atoms with van der Waals surface area (Å²) in [4.78, 5) is 4.22. The minimum Gasteiger partial charge on any atom is -0.381 e. The van der Waals surface area contributed by atoms with Gasteiger partial charge in [-0.15, -0.1) is 24.0 Å². The molecule has 1 aliphatic heterocycles. The molecular weight excluding hydrogens is 425 g/mol. The summed E-state index contributed by atoms with van der Waals surface area (Å²) >= 11 is 1.71. The lowest BCUT2D eigenvalue weighted by molar-refractivity contribution is 0.0203. The zero-order valence-corrected chi connectivity index (χ0v) is 16.9. The van der Waals surface area contributed by atoms with E-state index in [4.69, 9.17) is 9.47 Å². The average Bonchev–Trinajstić information content (AvgIpc) is 3.08. The van der Waals surface area contributed by atoms with Gasteiger partial charge in [0, 0.05) is 46.6 Å². The second-order valence-corrected chi connectivity index (χ2v) is 6.25. The van der Waals surface area contributed by atoms with E-state index in [1.165, 1.54) is 5.56 Å². The maximum atomic E-state index is 5.75. The summed E-state index contributed by atoms with van der Waals surface area (Å²) in [6.45, 7) is 5.13. The van der Waals surface area contributed by atoms with E-state index in [1.54, 1.807) is 18.4 Å². The van der Waals surface area contributed by atoms with Crippen LogP contribution in [0.5, 0.6) is 0 Å². The third-order valence-corrected chi connectivity index (χ3v) is 4.45. The fraction of sp³-hybridized carbons (Fsp3) is 0.688. The van der Waals surface area contributed by atoms with Crippen molar-refractivity contribution < 1.29 is 9.47 Å². The van der Waals surface area contributed by atoms with Gasteiger partial charge >= 0.3 is 0 Å². The van der Waals surface area contributed by atoms with E-state index in [2.05, 4.69) is 32.5 Å². The van der Waals surface area contributed by atoms with Crippen LogP contribution in [0.25, 0.3) is 0 Å². The van der Waals surface area contributed by atoms with Crippen LogP contribution in [0.1, 0.15) is 24.8 Å². The van der Waals surface area contributed by atoms with Crippen LogP contribution in [0, 0.1) is 5.92 Å². The fourth-order valence-electron chi connectivity index (χ4n) is 2.34. The highest BCUT2D eigenvalue weighted by atomic mass is 127. The number of rotatable bonds is 8. The molecule has 1 aromatic heterocycles. The van der Waals surface area contributed by atoms with Crippen molar-refractivity contribution in [2.75, 3.05) is 40.0 Å². The third kappa shape index (κ3) is 8.88. The number of nitrogens with zero attached hydrogens (tertiary/aromatic N) is 1. The number of aliphatic imine (C=N–C) groups is 1. The smallest absolute Gasteiger partial charge is 0.191 e. The lowest BCUT2D eigenvalue weighted by atomic mass is 10.0. The molecule has 0 aromatic carbocycles. The Hall–Kier alpha value is -0.380. The molecule has 2 rings (SSSR count). The van der Waals surface area contributed by atoms with Crippen LogP contribution in [-0.2, 0) is 16.0 Å². The van der Waals surface area contributed by atoms with Crippen molar-refractivity contribution in [1.29, 1.82) is 0 Å². The minimum atomic E-state index is 0. The standard InChI is InChI=1S/C16H27N3O2S.HI/c1-17-16(19-11-15-5-10-22-13-15)18-6-2-7-21-12-14-3-8-20-9-4-14;/h5,10,13-14H,2-4,6-9,11-12H2,1H3,(H2,17,18,19);1H. The van der Waals surface area contributed by atoms with Crippen LogP contribution in [0.2, 0.25) is 0 Å². The first-order valence-electron chi connectivity index (χ1n) is 7.99. The Morgan fingerprint density at radius 1 is 1.39 bits per heavy atom. The highest BCUT2D eigenvalue weighted by molar-refractivity contribution is 14.0. The Labute approximate surface area is 160 Å². The van der Waals surface area contributed by atoms with Crippen molar-refractivity contribution in [3.05, 3.63) is 22.4 Å². The number of ether oxygens (including phenoxy) is 2. The molecule has 1 aromatic rings. The van der Waals surface area contributed by atoms with Crippen molar-refractivity contribution in [3.8, 4) is 0 Å². The van der Waals surface area contributed by atoms with Gasteiger partial charge in [0.1, 0.15) is 0 Å². The lowest BCUT2D eigenvalue weighted by Crippen LogP contribution is -2.37. The molecule has 23 heavy (non-hydrogen) atoms. The van der Waals surface area contributed by atoms with Crippen LogP contribution >= 0.6 is 35.3 Å². The maximum Gasteiger partial charge on any atom is 0.191 e. The Bertz CT molecular complexity index is 423. The number of guanidine groups is 1. The molecule has 0 atom stereocenters. The average molecular weight is 453 g/mol. The van der Waals surface area contributed by atoms with Crippen molar-refractivity contribution in [2.24, 2.45) is 10.9 Å². The Balaban J connectivity index is 0.00000264. The van der Waals surface area contributed by atoms with E-state index in [9.17, 15) is 0 Å². The zero-order valence-electron chi connectivity index (χ0n) is 13.8. The first kappa shape index (κ1) is 20.7. The molecule has 1 fully saturated rings. The van der Waals surface area contributed by atoms with Gasteiger partial charge in [0.15, 0.2) is 5.96 Å². The van der Waals surface area contributed by atoms with Gasteiger partial charge in [-0.3, -0.25) is 4.99 Å². The molecule has 1 aliphatic rings. The predicted molar refractivity (Wildman–Crippen MR) is 107 cm³/mol. The second-order valence-electron chi connectivity index (χ2n) is 5.47. The van der Waals surface area contributed by atoms with Crippen molar-refractivity contribution >= 4 is 41.3 Å².